The van der Waals surface area contributed by atoms with E-state index >= 15 is 0 Å². The quantitative estimate of drug-likeness (QED) is 0.911. The van der Waals surface area contributed by atoms with Crippen molar-refractivity contribution in [3.63, 3.8) is 0 Å². The van der Waals surface area contributed by atoms with Crippen LogP contribution < -0.4 is 4.72 Å². The molecule has 0 saturated carbocycles. The van der Waals surface area contributed by atoms with E-state index in [1.54, 1.807) is 17.2 Å². The van der Waals surface area contributed by atoms with Crippen molar-refractivity contribution in [3.05, 3.63) is 54.4 Å². The lowest BCUT2D eigenvalue weighted by molar-refractivity contribution is 0.0784. The van der Waals surface area contributed by atoms with Gasteiger partial charge in [0, 0.05) is 25.3 Å². The molecule has 3 rings (SSSR count). The van der Waals surface area contributed by atoms with Crippen molar-refractivity contribution in [1.82, 2.24) is 14.6 Å². The molecule has 2 aromatic rings. The molecule has 1 aromatic heterocycles. The Morgan fingerprint density at radius 2 is 1.96 bits per heavy atom. The van der Waals surface area contributed by atoms with Gasteiger partial charge in [0.2, 0.25) is 10.0 Å². The van der Waals surface area contributed by atoms with Gasteiger partial charge in [-0.1, -0.05) is 30.3 Å². The number of rotatable bonds is 4. The van der Waals surface area contributed by atoms with Crippen molar-refractivity contribution in [2.45, 2.75) is 12.5 Å². The topological polar surface area (TPSA) is 79.4 Å². The van der Waals surface area contributed by atoms with Crippen LogP contribution in [0.15, 0.2) is 48.7 Å². The predicted molar refractivity (Wildman–Crippen MR) is 92.0 cm³/mol. The van der Waals surface area contributed by atoms with Crippen LogP contribution >= 0.6 is 0 Å². The average Bonchev–Trinajstić information content (AvgIpc) is 3.01. The number of likely N-dealkylation sites (tertiary alicyclic amines) is 1. The van der Waals surface area contributed by atoms with Gasteiger partial charge in [0.15, 0.2) is 0 Å². The van der Waals surface area contributed by atoms with Gasteiger partial charge in [-0.25, -0.2) is 13.1 Å². The highest BCUT2D eigenvalue weighted by Gasteiger charge is 2.29. The van der Waals surface area contributed by atoms with E-state index in [9.17, 15) is 13.2 Å². The summed E-state index contributed by atoms with van der Waals surface area (Å²) in [5, 5.41) is 0. The highest BCUT2D eigenvalue weighted by Crippen LogP contribution is 2.20. The largest absolute Gasteiger partial charge is 0.336 e. The van der Waals surface area contributed by atoms with Crippen LogP contribution in [0.1, 0.15) is 16.9 Å². The van der Waals surface area contributed by atoms with Gasteiger partial charge in [-0.15, -0.1) is 0 Å². The molecule has 1 aromatic carbocycles. The Hall–Kier alpha value is -2.25. The van der Waals surface area contributed by atoms with Gasteiger partial charge in [-0.3, -0.25) is 9.78 Å². The molecule has 1 aliphatic heterocycles. The second-order valence-corrected chi connectivity index (χ2v) is 7.70. The third-order valence-electron chi connectivity index (χ3n) is 3.94. The van der Waals surface area contributed by atoms with Crippen molar-refractivity contribution < 1.29 is 13.2 Å². The lowest BCUT2D eigenvalue weighted by Crippen LogP contribution is -2.38. The Kier molecular flexibility index (Phi) is 4.64. The molecule has 7 heteroatoms. The standard InChI is InChI=1S/C17H19N3O3S/c1-24(22,23)19-15-8-10-20(12-15)17(21)16-11-14(7-9-18-16)13-5-3-2-4-6-13/h2-7,9,11,15,19H,8,10,12H2,1H3. The first-order chi connectivity index (χ1) is 11.4. The fraction of sp³-hybridized carbons (Fsp3) is 0.294. The molecule has 0 aliphatic carbocycles. The third kappa shape index (κ3) is 3.98. The third-order valence-corrected chi connectivity index (χ3v) is 4.70. The van der Waals surface area contributed by atoms with Crippen molar-refractivity contribution in [3.8, 4) is 11.1 Å². The summed E-state index contributed by atoms with van der Waals surface area (Å²) in [6.07, 6.45) is 3.36. The average molecular weight is 345 g/mol. The molecule has 0 spiro atoms. The highest BCUT2D eigenvalue weighted by atomic mass is 32.2. The minimum atomic E-state index is -3.27. The number of hydrogen-bond acceptors (Lipinski definition) is 4. The molecule has 2 heterocycles. The molecular formula is C17H19N3O3S. The monoisotopic (exact) mass is 345 g/mol. The first kappa shape index (κ1) is 16.6. The summed E-state index contributed by atoms with van der Waals surface area (Å²) >= 11 is 0. The van der Waals surface area contributed by atoms with Crippen molar-refractivity contribution in [2.24, 2.45) is 0 Å². The van der Waals surface area contributed by atoms with Crippen LogP contribution in [0.5, 0.6) is 0 Å². The fourth-order valence-electron chi connectivity index (χ4n) is 2.86. The Morgan fingerprint density at radius 3 is 2.67 bits per heavy atom. The molecule has 1 aliphatic rings. The molecule has 126 valence electrons. The van der Waals surface area contributed by atoms with Gasteiger partial charge in [0.1, 0.15) is 5.69 Å². The zero-order valence-electron chi connectivity index (χ0n) is 13.3. The van der Waals surface area contributed by atoms with Crippen LogP contribution in [0.3, 0.4) is 0 Å². The molecule has 1 N–H and O–H groups in total. The summed E-state index contributed by atoms with van der Waals surface area (Å²) in [5.74, 6) is -0.175. The van der Waals surface area contributed by atoms with Crippen LogP contribution in [0, 0.1) is 0 Å². The van der Waals surface area contributed by atoms with E-state index in [1.807, 2.05) is 36.4 Å². The molecule has 0 bridgehead atoms. The van der Waals surface area contributed by atoms with Gasteiger partial charge < -0.3 is 4.90 Å². The Balaban J connectivity index is 1.74. The van der Waals surface area contributed by atoms with Crippen LogP contribution in [-0.2, 0) is 10.0 Å². The number of aromatic nitrogens is 1. The van der Waals surface area contributed by atoms with Crippen molar-refractivity contribution in [2.75, 3.05) is 19.3 Å². The number of carbonyl (C=O) groups is 1. The molecule has 1 unspecified atom stereocenters. The first-order valence-electron chi connectivity index (χ1n) is 7.70. The van der Waals surface area contributed by atoms with Gasteiger partial charge in [0.25, 0.3) is 5.91 Å². The summed E-state index contributed by atoms with van der Waals surface area (Å²) in [6.45, 7) is 0.881. The number of nitrogens with zero attached hydrogens (tertiary/aromatic N) is 2. The predicted octanol–water partition coefficient (Wildman–Crippen LogP) is 1.51. The molecular weight excluding hydrogens is 326 g/mol. The van der Waals surface area contributed by atoms with Crippen LogP contribution in [0.25, 0.3) is 11.1 Å². The van der Waals surface area contributed by atoms with Gasteiger partial charge in [-0.2, -0.15) is 0 Å². The van der Waals surface area contributed by atoms with E-state index in [-0.39, 0.29) is 11.9 Å². The maximum absolute atomic E-state index is 12.6. The van der Waals surface area contributed by atoms with E-state index in [2.05, 4.69) is 9.71 Å². The van der Waals surface area contributed by atoms with E-state index in [0.717, 1.165) is 17.4 Å². The van der Waals surface area contributed by atoms with E-state index < -0.39 is 10.0 Å². The summed E-state index contributed by atoms with van der Waals surface area (Å²) in [6, 6.07) is 13.2. The Labute approximate surface area is 141 Å². The van der Waals surface area contributed by atoms with Gasteiger partial charge in [-0.05, 0) is 29.7 Å². The summed E-state index contributed by atoms with van der Waals surface area (Å²) in [7, 11) is -3.27. The summed E-state index contributed by atoms with van der Waals surface area (Å²) in [5.41, 5.74) is 2.32. The second-order valence-electron chi connectivity index (χ2n) is 5.92. The van der Waals surface area contributed by atoms with Crippen molar-refractivity contribution in [1.29, 1.82) is 0 Å². The number of carbonyl (C=O) groups excluding carboxylic acids is 1. The van der Waals surface area contributed by atoms with Crippen LogP contribution in [0.4, 0.5) is 0 Å². The molecule has 1 atom stereocenters. The van der Waals surface area contributed by atoms with Crippen LogP contribution in [0.2, 0.25) is 0 Å². The van der Waals surface area contributed by atoms with Gasteiger partial charge >= 0.3 is 0 Å². The fourth-order valence-corrected chi connectivity index (χ4v) is 3.66. The van der Waals surface area contributed by atoms with E-state index in [0.29, 0.717) is 25.2 Å². The van der Waals surface area contributed by atoms with Crippen molar-refractivity contribution >= 4 is 15.9 Å². The maximum Gasteiger partial charge on any atom is 0.272 e. The molecule has 0 radical (unpaired) electrons. The Morgan fingerprint density at radius 1 is 1.21 bits per heavy atom. The Bertz CT molecular complexity index is 837. The molecule has 1 amide bonds. The number of nitrogens with one attached hydrogen (secondary N) is 1. The minimum Gasteiger partial charge on any atom is -0.336 e. The van der Waals surface area contributed by atoms with Crippen LogP contribution in [-0.4, -0.2) is 49.6 Å². The highest BCUT2D eigenvalue weighted by molar-refractivity contribution is 7.88. The number of amides is 1. The number of benzene rings is 1. The zero-order chi connectivity index (χ0) is 17.2. The molecule has 24 heavy (non-hydrogen) atoms. The SMILES string of the molecule is CS(=O)(=O)NC1CCN(C(=O)c2cc(-c3ccccc3)ccn2)C1. The van der Waals surface area contributed by atoms with E-state index in [4.69, 9.17) is 0 Å². The number of hydrogen-bond donors (Lipinski definition) is 1. The van der Waals surface area contributed by atoms with E-state index in [1.165, 1.54) is 0 Å². The normalized spacial score (nSPS) is 17.9. The number of sulfonamides is 1. The molecule has 6 nitrogen and oxygen atoms in total. The zero-order valence-corrected chi connectivity index (χ0v) is 14.2. The summed E-state index contributed by atoms with van der Waals surface area (Å²) in [4.78, 5) is 18.4. The lowest BCUT2D eigenvalue weighted by Gasteiger charge is -2.16. The molecule has 1 fully saturated rings. The minimum absolute atomic E-state index is 0.175. The summed E-state index contributed by atoms with van der Waals surface area (Å²) < 4.78 is 25.2. The number of pyridine rings is 1. The first-order valence-corrected chi connectivity index (χ1v) is 9.59. The lowest BCUT2D eigenvalue weighted by atomic mass is 10.1. The second kappa shape index (κ2) is 6.70. The smallest absolute Gasteiger partial charge is 0.272 e. The van der Waals surface area contributed by atoms with Gasteiger partial charge in [0.05, 0.1) is 6.26 Å². The molecule has 1 saturated heterocycles. The maximum atomic E-state index is 12.6.